The molecule has 0 saturated carbocycles. The largest absolute Gasteiger partial charge is 0.309 e. The van der Waals surface area contributed by atoms with Crippen LogP contribution in [0.5, 0.6) is 0 Å². The van der Waals surface area contributed by atoms with Gasteiger partial charge in [0.15, 0.2) is 0 Å². The van der Waals surface area contributed by atoms with E-state index in [1.54, 1.807) is 0 Å². The van der Waals surface area contributed by atoms with E-state index in [9.17, 15) is 0 Å². The van der Waals surface area contributed by atoms with Crippen molar-refractivity contribution in [3.05, 3.63) is 127 Å². The summed E-state index contributed by atoms with van der Waals surface area (Å²) in [6.45, 7) is 2.13. The molecule has 0 bridgehead atoms. The molecule has 0 atom stereocenters. The lowest BCUT2D eigenvalue weighted by Gasteiger charge is -2.12. The summed E-state index contributed by atoms with van der Waals surface area (Å²) in [6, 6.07) is 43.7. The van der Waals surface area contributed by atoms with Crippen molar-refractivity contribution in [2.75, 3.05) is 0 Å². The summed E-state index contributed by atoms with van der Waals surface area (Å²) in [7, 11) is 0. The topological polar surface area (TPSA) is 4.93 Å². The molecule has 0 aliphatic heterocycles. The number of para-hydroxylation sites is 2. The van der Waals surface area contributed by atoms with E-state index in [4.69, 9.17) is 0 Å². The maximum Gasteiger partial charge on any atom is 0.0619 e. The van der Waals surface area contributed by atoms with Crippen molar-refractivity contribution >= 4 is 21.8 Å². The van der Waals surface area contributed by atoms with Crippen molar-refractivity contribution < 1.29 is 0 Å². The molecule has 32 heavy (non-hydrogen) atoms. The van der Waals surface area contributed by atoms with Crippen LogP contribution in [0, 0.1) is 6.92 Å². The lowest BCUT2D eigenvalue weighted by molar-refractivity contribution is 1.18. The number of aromatic nitrogens is 1. The fourth-order valence-corrected chi connectivity index (χ4v) is 4.69. The number of aryl methyl sites for hydroxylation is 1. The van der Waals surface area contributed by atoms with Crippen LogP contribution in [0.2, 0.25) is 0 Å². The van der Waals surface area contributed by atoms with Gasteiger partial charge in [-0.3, -0.25) is 0 Å². The van der Waals surface area contributed by atoms with Crippen LogP contribution in [0.1, 0.15) is 5.56 Å². The molecule has 1 aromatic heterocycles. The molecule has 1 heterocycles. The lowest BCUT2D eigenvalue weighted by Crippen LogP contribution is -1.95. The summed E-state index contributed by atoms with van der Waals surface area (Å²) in [5.74, 6) is 0. The van der Waals surface area contributed by atoms with Crippen LogP contribution in [-0.2, 0) is 0 Å². The highest BCUT2D eigenvalue weighted by Crippen LogP contribution is 2.38. The molecule has 5 aromatic carbocycles. The SMILES string of the molecule is Cc1ccc(-n2c3ccccc3c3cccc(-c4ccc(-c5ccccc5)cc4)c32)cc1. The Kier molecular flexibility index (Phi) is 4.40. The molecule has 0 amide bonds. The zero-order valence-electron chi connectivity index (χ0n) is 18.0. The van der Waals surface area contributed by atoms with Crippen molar-refractivity contribution in [2.45, 2.75) is 6.92 Å². The number of benzene rings is 5. The molecule has 6 aromatic rings. The number of hydrogen-bond acceptors (Lipinski definition) is 0. The molecule has 1 nitrogen and oxygen atoms in total. The average molecular weight is 410 g/mol. The molecule has 152 valence electrons. The van der Waals surface area contributed by atoms with Gasteiger partial charge in [0.25, 0.3) is 0 Å². The quantitative estimate of drug-likeness (QED) is 0.276. The van der Waals surface area contributed by atoms with Crippen molar-refractivity contribution in [1.29, 1.82) is 0 Å². The Bertz CT molecular complexity index is 1540. The molecule has 0 radical (unpaired) electrons. The first kappa shape index (κ1) is 18.7. The molecule has 0 aliphatic carbocycles. The minimum atomic E-state index is 1.19. The van der Waals surface area contributed by atoms with Gasteiger partial charge < -0.3 is 4.57 Å². The fourth-order valence-electron chi connectivity index (χ4n) is 4.69. The van der Waals surface area contributed by atoms with Gasteiger partial charge in [0.1, 0.15) is 0 Å². The highest BCUT2D eigenvalue weighted by molar-refractivity contribution is 6.13. The van der Waals surface area contributed by atoms with Crippen LogP contribution in [0.25, 0.3) is 49.7 Å². The lowest BCUT2D eigenvalue weighted by atomic mass is 9.98. The van der Waals surface area contributed by atoms with Gasteiger partial charge in [-0.1, -0.05) is 109 Å². The molecule has 6 rings (SSSR count). The Morgan fingerprint density at radius 2 is 1.09 bits per heavy atom. The Hall–Kier alpha value is -4.10. The molecule has 0 unspecified atom stereocenters. The van der Waals surface area contributed by atoms with Crippen molar-refractivity contribution in [1.82, 2.24) is 4.57 Å². The van der Waals surface area contributed by atoms with Gasteiger partial charge in [-0.15, -0.1) is 0 Å². The van der Waals surface area contributed by atoms with Gasteiger partial charge in [-0.05, 0) is 41.8 Å². The molecular weight excluding hydrogens is 386 g/mol. The van der Waals surface area contributed by atoms with Crippen LogP contribution in [0.15, 0.2) is 121 Å². The van der Waals surface area contributed by atoms with Crippen LogP contribution in [0.4, 0.5) is 0 Å². The summed E-state index contributed by atoms with van der Waals surface area (Å²) < 4.78 is 2.41. The van der Waals surface area contributed by atoms with Crippen LogP contribution >= 0.6 is 0 Å². The summed E-state index contributed by atoms with van der Waals surface area (Å²) in [5.41, 5.74) is 9.91. The Morgan fingerprint density at radius 1 is 0.469 bits per heavy atom. The smallest absolute Gasteiger partial charge is 0.0619 e. The average Bonchev–Trinajstić information content (AvgIpc) is 3.20. The van der Waals surface area contributed by atoms with Gasteiger partial charge in [0.2, 0.25) is 0 Å². The van der Waals surface area contributed by atoms with E-state index in [0.717, 1.165) is 0 Å². The van der Waals surface area contributed by atoms with E-state index in [1.165, 1.54) is 55.3 Å². The third-order valence-electron chi connectivity index (χ3n) is 6.29. The van der Waals surface area contributed by atoms with E-state index in [-0.39, 0.29) is 0 Å². The standard InChI is InChI=1S/C31H23N/c1-22-14-20-26(21-15-22)32-30-13-6-5-10-28(30)29-12-7-11-27(31(29)32)25-18-16-24(17-19-25)23-8-3-2-4-9-23/h2-21H,1H3. The summed E-state index contributed by atoms with van der Waals surface area (Å²) in [5, 5.41) is 2.57. The second kappa shape index (κ2) is 7.55. The maximum atomic E-state index is 2.41. The zero-order chi connectivity index (χ0) is 21.5. The van der Waals surface area contributed by atoms with E-state index in [0.29, 0.717) is 0 Å². The maximum absolute atomic E-state index is 2.41. The van der Waals surface area contributed by atoms with E-state index in [2.05, 4.69) is 133 Å². The third kappa shape index (κ3) is 3.02. The monoisotopic (exact) mass is 409 g/mol. The highest BCUT2D eigenvalue weighted by Gasteiger charge is 2.16. The first-order valence-corrected chi connectivity index (χ1v) is 11.0. The number of fused-ring (bicyclic) bond motifs is 3. The van der Waals surface area contributed by atoms with Gasteiger partial charge in [-0.2, -0.15) is 0 Å². The Morgan fingerprint density at radius 3 is 1.88 bits per heavy atom. The second-order valence-electron chi connectivity index (χ2n) is 8.33. The third-order valence-corrected chi connectivity index (χ3v) is 6.29. The van der Waals surface area contributed by atoms with E-state index < -0.39 is 0 Å². The first-order chi connectivity index (χ1) is 15.8. The Labute approximate surface area is 188 Å². The summed E-state index contributed by atoms with van der Waals surface area (Å²) >= 11 is 0. The first-order valence-electron chi connectivity index (χ1n) is 11.0. The van der Waals surface area contributed by atoms with Gasteiger partial charge in [0.05, 0.1) is 11.0 Å². The minimum absolute atomic E-state index is 1.19. The van der Waals surface area contributed by atoms with Gasteiger partial charge >= 0.3 is 0 Å². The fraction of sp³-hybridized carbons (Fsp3) is 0.0323. The van der Waals surface area contributed by atoms with Crippen LogP contribution < -0.4 is 0 Å². The minimum Gasteiger partial charge on any atom is -0.309 e. The molecule has 0 spiro atoms. The van der Waals surface area contributed by atoms with E-state index in [1.807, 2.05) is 0 Å². The van der Waals surface area contributed by atoms with E-state index >= 15 is 0 Å². The normalized spacial score (nSPS) is 11.3. The number of nitrogens with zero attached hydrogens (tertiary/aromatic N) is 1. The van der Waals surface area contributed by atoms with Crippen molar-refractivity contribution in [3.63, 3.8) is 0 Å². The predicted molar refractivity (Wildman–Crippen MR) is 136 cm³/mol. The van der Waals surface area contributed by atoms with Crippen LogP contribution in [0.3, 0.4) is 0 Å². The van der Waals surface area contributed by atoms with Crippen molar-refractivity contribution in [2.24, 2.45) is 0 Å². The molecule has 0 aliphatic rings. The zero-order valence-corrected chi connectivity index (χ0v) is 18.0. The summed E-state index contributed by atoms with van der Waals surface area (Å²) in [4.78, 5) is 0. The second-order valence-corrected chi connectivity index (χ2v) is 8.33. The molecule has 0 saturated heterocycles. The predicted octanol–water partition coefficient (Wildman–Crippen LogP) is 8.43. The molecule has 0 N–H and O–H groups in total. The molecular formula is C31H23N. The van der Waals surface area contributed by atoms with Gasteiger partial charge in [-0.25, -0.2) is 0 Å². The molecule has 1 heteroatoms. The van der Waals surface area contributed by atoms with Gasteiger partial charge in [0, 0.05) is 22.0 Å². The number of rotatable bonds is 3. The molecule has 0 fully saturated rings. The number of hydrogen-bond donors (Lipinski definition) is 0. The highest BCUT2D eigenvalue weighted by atomic mass is 15.0. The summed E-state index contributed by atoms with van der Waals surface area (Å²) in [6.07, 6.45) is 0. The van der Waals surface area contributed by atoms with Crippen molar-refractivity contribution in [3.8, 4) is 27.9 Å². The van der Waals surface area contributed by atoms with Crippen LogP contribution in [-0.4, -0.2) is 4.57 Å². The Balaban J connectivity index is 1.61.